The van der Waals surface area contributed by atoms with E-state index in [1.54, 1.807) is 22.7 Å². The molecule has 4 heterocycles. The summed E-state index contributed by atoms with van der Waals surface area (Å²) in [6, 6.07) is 18.1. The Labute approximate surface area is 159 Å². The standard InChI is InChI=1S/C21H16N2OS2/c24-21(17-8-7-14-4-1-2-5-16(14)22-17)23-11-9-18-15(10-13-26-18)20(23)19-6-3-12-25-19/h1-8,10,12-13,20H,9,11H2/t20-/m1/s1. The van der Waals surface area contributed by atoms with Gasteiger partial charge in [0.15, 0.2) is 0 Å². The van der Waals surface area contributed by atoms with Crippen LogP contribution in [0.5, 0.6) is 0 Å². The first-order valence-corrected chi connectivity index (χ1v) is 10.3. The Hall–Kier alpha value is -2.50. The molecule has 0 spiro atoms. The number of hydrogen-bond donors (Lipinski definition) is 0. The van der Waals surface area contributed by atoms with Gasteiger partial charge in [0.1, 0.15) is 5.69 Å². The number of carbonyl (C=O) groups excluding carboxylic acids is 1. The molecule has 0 fully saturated rings. The van der Waals surface area contributed by atoms with E-state index in [1.807, 2.05) is 41.3 Å². The van der Waals surface area contributed by atoms with Gasteiger partial charge in [-0.3, -0.25) is 4.79 Å². The van der Waals surface area contributed by atoms with Crippen molar-refractivity contribution in [3.63, 3.8) is 0 Å². The van der Waals surface area contributed by atoms with Crippen molar-refractivity contribution in [1.82, 2.24) is 9.88 Å². The first-order chi connectivity index (χ1) is 12.8. The number of rotatable bonds is 2. The fourth-order valence-electron chi connectivity index (χ4n) is 3.62. The van der Waals surface area contributed by atoms with E-state index in [-0.39, 0.29) is 11.9 Å². The quantitative estimate of drug-likeness (QED) is 0.485. The molecule has 1 atom stereocenters. The molecule has 0 saturated carbocycles. The largest absolute Gasteiger partial charge is 0.325 e. The molecule has 1 aliphatic rings. The molecule has 0 bridgehead atoms. The third-order valence-electron chi connectivity index (χ3n) is 4.86. The maximum Gasteiger partial charge on any atom is 0.273 e. The average Bonchev–Trinajstić information content (AvgIpc) is 3.38. The van der Waals surface area contributed by atoms with E-state index in [2.05, 4.69) is 33.9 Å². The van der Waals surface area contributed by atoms with Crippen LogP contribution in [0.4, 0.5) is 0 Å². The molecule has 26 heavy (non-hydrogen) atoms. The Balaban J connectivity index is 1.57. The molecule has 4 aromatic rings. The monoisotopic (exact) mass is 376 g/mol. The van der Waals surface area contributed by atoms with Crippen LogP contribution in [0, 0.1) is 0 Å². The molecule has 0 aliphatic carbocycles. The Bertz CT molecular complexity index is 1080. The normalized spacial score (nSPS) is 16.6. The molecule has 1 aliphatic heterocycles. The molecule has 0 saturated heterocycles. The number of thiophene rings is 2. The van der Waals surface area contributed by atoms with Gasteiger partial charge in [-0.1, -0.05) is 30.3 Å². The predicted octanol–water partition coefficient (Wildman–Crippen LogP) is 5.15. The van der Waals surface area contributed by atoms with Crippen LogP contribution in [0.1, 0.15) is 31.8 Å². The van der Waals surface area contributed by atoms with Gasteiger partial charge in [-0.25, -0.2) is 4.98 Å². The number of pyridine rings is 1. The van der Waals surface area contributed by atoms with E-state index in [4.69, 9.17) is 0 Å². The minimum Gasteiger partial charge on any atom is -0.325 e. The first kappa shape index (κ1) is 15.7. The smallest absolute Gasteiger partial charge is 0.273 e. The lowest BCUT2D eigenvalue weighted by molar-refractivity contribution is 0.0693. The van der Waals surface area contributed by atoms with Crippen molar-refractivity contribution in [3.05, 3.63) is 86.4 Å². The summed E-state index contributed by atoms with van der Waals surface area (Å²) < 4.78 is 0. The van der Waals surface area contributed by atoms with E-state index < -0.39 is 0 Å². The van der Waals surface area contributed by atoms with Crippen molar-refractivity contribution in [2.75, 3.05) is 6.54 Å². The minimum absolute atomic E-state index is 0.00556. The topological polar surface area (TPSA) is 33.2 Å². The van der Waals surface area contributed by atoms with E-state index in [9.17, 15) is 4.79 Å². The van der Waals surface area contributed by atoms with Crippen LogP contribution in [-0.4, -0.2) is 22.3 Å². The highest BCUT2D eigenvalue weighted by atomic mass is 32.1. The van der Waals surface area contributed by atoms with Gasteiger partial charge in [0.05, 0.1) is 11.6 Å². The summed E-state index contributed by atoms with van der Waals surface area (Å²) in [5, 5.41) is 5.26. The zero-order valence-corrected chi connectivity index (χ0v) is 15.6. The van der Waals surface area contributed by atoms with Crippen molar-refractivity contribution >= 4 is 39.5 Å². The molecule has 3 aromatic heterocycles. The summed E-state index contributed by atoms with van der Waals surface area (Å²) in [6.07, 6.45) is 0.911. The molecule has 128 valence electrons. The molecule has 3 nitrogen and oxygen atoms in total. The van der Waals surface area contributed by atoms with Crippen LogP contribution in [0.25, 0.3) is 10.9 Å². The second kappa shape index (κ2) is 6.34. The number of hydrogen-bond acceptors (Lipinski definition) is 4. The van der Waals surface area contributed by atoms with E-state index in [1.165, 1.54) is 15.3 Å². The summed E-state index contributed by atoms with van der Waals surface area (Å²) in [5.41, 5.74) is 2.64. The van der Waals surface area contributed by atoms with Crippen LogP contribution in [-0.2, 0) is 6.42 Å². The Kier molecular flexibility index (Phi) is 3.84. The van der Waals surface area contributed by atoms with Gasteiger partial charge in [0.25, 0.3) is 5.91 Å². The van der Waals surface area contributed by atoms with Gasteiger partial charge in [0.2, 0.25) is 0 Å². The second-order valence-corrected chi connectivity index (χ2v) is 8.33. The number of fused-ring (bicyclic) bond motifs is 2. The molecule has 5 heteroatoms. The Morgan fingerprint density at radius 3 is 2.81 bits per heavy atom. The lowest BCUT2D eigenvalue weighted by Crippen LogP contribution is -2.40. The molecular formula is C21H16N2OS2. The van der Waals surface area contributed by atoms with Crippen LogP contribution in [0.3, 0.4) is 0 Å². The lowest BCUT2D eigenvalue weighted by Gasteiger charge is -2.35. The highest BCUT2D eigenvalue weighted by Crippen LogP contribution is 2.40. The second-order valence-electron chi connectivity index (χ2n) is 6.35. The summed E-state index contributed by atoms with van der Waals surface area (Å²) in [5.74, 6) is 0.00556. The van der Waals surface area contributed by atoms with Gasteiger partial charge < -0.3 is 4.90 Å². The zero-order chi connectivity index (χ0) is 17.5. The van der Waals surface area contributed by atoms with Crippen LogP contribution >= 0.6 is 22.7 Å². The van der Waals surface area contributed by atoms with Gasteiger partial charge in [-0.05, 0) is 47.0 Å². The molecule has 1 amide bonds. The fraction of sp³-hybridized carbons (Fsp3) is 0.143. The van der Waals surface area contributed by atoms with E-state index in [0.29, 0.717) is 5.69 Å². The maximum absolute atomic E-state index is 13.4. The average molecular weight is 377 g/mol. The predicted molar refractivity (Wildman–Crippen MR) is 107 cm³/mol. The van der Waals surface area contributed by atoms with Crippen molar-refractivity contribution in [1.29, 1.82) is 0 Å². The van der Waals surface area contributed by atoms with Crippen molar-refractivity contribution in [2.24, 2.45) is 0 Å². The van der Waals surface area contributed by atoms with Crippen molar-refractivity contribution in [2.45, 2.75) is 12.5 Å². The number of amides is 1. The van der Waals surface area contributed by atoms with Crippen molar-refractivity contribution in [3.8, 4) is 0 Å². The third kappa shape index (κ3) is 2.55. The number of aromatic nitrogens is 1. The van der Waals surface area contributed by atoms with E-state index in [0.717, 1.165) is 23.9 Å². The fourth-order valence-corrected chi connectivity index (χ4v) is 5.38. The summed E-state index contributed by atoms with van der Waals surface area (Å²) in [7, 11) is 0. The molecular weight excluding hydrogens is 360 g/mol. The maximum atomic E-state index is 13.4. The number of carbonyl (C=O) groups is 1. The van der Waals surface area contributed by atoms with Gasteiger partial charge >= 0.3 is 0 Å². The van der Waals surface area contributed by atoms with E-state index >= 15 is 0 Å². The van der Waals surface area contributed by atoms with Crippen LogP contribution in [0.15, 0.2) is 65.4 Å². The zero-order valence-electron chi connectivity index (χ0n) is 14.0. The summed E-state index contributed by atoms with van der Waals surface area (Å²) in [6.45, 7) is 0.726. The lowest BCUT2D eigenvalue weighted by atomic mass is 9.98. The molecule has 1 aromatic carbocycles. The highest BCUT2D eigenvalue weighted by Gasteiger charge is 2.34. The van der Waals surface area contributed by atoms with Crippen LogP contribution < -0.4 is 0 Å². The summed E-state index contributed by atoms with van der Waals surface area (Å²) in [4.78, 5) is 22.6. The molecule has 5 rings (SSSR count). The Morgan fingerprint density at radius 2 is 1.92 bits per heavy atom. The highest BCUT2D eigenvalue weighted by molar-refractivity contribution is 7.10. The number of benzene rings is 1. The minimum atomic E-state index is -0.00855. The number of nitrogens with zero attached hydrogens (tertiary/aromatic N) is 2. The Morgan fingerprint density at radius 1 is 1.00 bits per heavy atom. The van der Waals surface area contributed by atoms with Gasteiger partial charge in [-0.15, -0.1) is 22.7 Å². The summed E-state index contributed by atoms with van der Waals surface area (Å²) >= 11 is 3.49. The van der Waals surface area contributed by atoms with Gasteiger partial charge in [-0.2, -0.15) is 0 Å². The van der Waals surface area contributed by atoms with Gasteiger partial charge in [0, 0.05) is 21.7 Å². The SMILES string of the molecule is O=C(c1ccc2ccccc2n1)N1CCc2sccc2[C@@H]1c1cccs1. The molecule has 0 radical (unpaired) electrons. The third-order valence-corrected chi connectivity index (χ3v) is 6.78. The van der Waals surface area contributed by atoms with Crippen LogP contribution in [0.2, 0.25) is 0 Å². The first-order valence-electron chi connectivity index (χ1n) is 8.58. The molecule has 0 N–H and O–H groups in total. The molecule has 0 unspecified atom stereocenters. The number of para-hydroxylation sites is 1. The van der Waals surface area contributed by atoms with Crippen molar-refractivity contribution < 1.29 is 4.79 Å².